The molecule has 0 saturated carbocycles. The number of ether oxygens (including phenoxy) is 1. The van der Waals surface area contributed by atoms with Gasteiger partial charge in [-0.05, 0) is 22.8 Å². The van der Waals surface area contributed by atoms with E-state index >= 15 is 0 Å². The fraction of sp³-hybridized carbons (Fsp3) is 0.136. The number of nitro benzene ring substituents is 1. The van der Waals surface area contributed by atoms with E-state index in [0.29, 0.717) is 5.75 Å². The Labute approximate surface area is 157 Å². The van der Waals surface area contributed by atoms with Crippen LogP contribution in [0.3, 0.4) is 0 Å². The SMILES string of the molecule is CCC(=O)c1cc([N+](=O)[O-])ccc1OCc1ccc(-c2ccccc2)cc1. The molecule has 3 rings (SSSR count). The summed E-state index contributed by atoms with van der Waals surface area (Å²) in [6, 6.07) is 22.1. The van der Waals surface area contributed by atoms with Gasteiger partial charge < -0.3 is 4.74 Å². The van der Waals surface area contributed by atoms with Crippen LogP contribution in [0.2, 0.25) is 0 Å². The van der Waals surface area contributed by atoms with E-state index in [9.17, 15) is 14.9 Å². The van der Waals surface area contributed by atoms with Crippen molar-refractivity contribution >= 4 is 11.5 Å². The summed E-state index contributed by atoms with van der Waals surface area (Å²) >= 11 is 0. The molecule has 0 bridgehead atoms. The van der Waals surface area contributed by atoms with Crippen molar-refractivity contribution in [2.45, 2.75) is 20.0 Å². The molecular weight excluding hydrogens is 342 g/mol. The first-order chi connectivity index (χ1) is 13.1. The van der Waals surface area contributed by atoms with E-state index < -0.39 is 4.92 Å². The molecule has 3 aromatic carbocycles. The maximum absolute atomic E-state index is 12.1. The van der Waals surface area contributed by atoms with Crippen molar-refractivity contribution in [2.75, 3.05) is 0 Å². The molecule has 136 valence electrons. The standard InChI is InChI=1S/C22H19NO4/c1-2-21(24)20-14-19(23(25)26)12-13-22(20)27-15-16-8-10-18(11-9-16)17-6-4-3-5-7-17/h3-14H,2,15H2,1H3. The highest BCUT2D eigenvalue weighted by atomic mass is 16.6. The smallest absolute Gasteiger partial charge is 0.270 e. The molecule has 0 amide bonds. The lowest BCUT2D eigenvalue weighted by molar-refractivity contribution is -0.384. The van der Waals surface area contributed by atoms with Gasteiger partial charge in [0.05, 0.1) is 10.5 Å². The van der Waals surface area contributed by atoms with E-state index in [1.54, 1.807) is 6.92 Å². The zero-order chi connectivity index (χ0) is 19.2. The Bertz CT molecular complexity index is 950. The number of rotatable bonds is 7. The summed E-state index contributed by atoms with van der Waals surface area (Å²) in [6.07, 6.45) is 0.253. The van der Waals surface area contributed by atoms with Gasteiger partial charge in [0.25, 0.3) is 5.69 Å². The quantitative estimate of drug-likeness (QED) is 0.319. The van der Waals surface area contributed by atoms with Gasteiger partial charge in [0.1, 0.15) is 12.4 Å². The maximum Gasteiger partial charge on any atom is 0.270 e. The van der Waals surface area contributed by atoms with E-state index in [1.807, 2.05) is 54.6 Å². The van der Waals surface area contributed by atoms with Crippen molar-refractivity contribution in [3.05, 3.63) is 94.0 Å². The van der Waals surface area contributed by atoms with E-state index in [4.69, 9.17) is 4.74 Å². The molecule has 0 saturated heterocycles. The summed E-state index contributed by atoms with van der Waals surface area (Å²) in [6.45, 7) is 1.99. The summed E-state index contributed by atoms with van der Waals surface area (Å²) in [5.41, 5.74) is 3.31. The molecule has 0 aliphatic heterocycles. The summed E-state index contributed by atoms with van der Waals surface area (Å²) in [7, 11) is 0. The van der Waals surface area contributed by atoms with Crippen LogP contribution in [-0.2, 0) is 6.61 Å². The molecule has 27 heavy (non-hydrogen) atoms. The number of nitrogens with zero attached hydrogens (tertiary/aromatic N) is 1. The first-order valence-electron chi connectivity index (χ1n) is 8.67. The molecule has 0 atom stereocenters. The van der Waals surface area contributed by atoms with Gasteiger partial charge in [0, 0.05) is 18.6 Å². The molecule has 3 aromatic rings. The number of carbonyl (C=O) groups excluding carboxylic acids is 1. The van der Waals surface area contributed by atoms with E-state index in [1.165, 1.54) is 18.2 Å². The second-order valence-corrected chi connectivity index (χ2v) is 6.07. The molecule has 0 fully saturated rings. The van der Waals surface area contributed by atoms with Crippen LogP contribution in [0, 0.1) is 10.1 Å². The highest BCUT2D eigenvalue weighted by molar-refractivity contribution is 5.99. The van der Waals surface area contributed by atoms with Gasteiger partial charge in [-0.15, -0.1) is 0 Å². The number of carbonyl (C=O) groups is 1. The second kappa shape index (κ2) is 8.27. The van der Waals surface area contributed by atoms with Gasteiger partial charge in [-0.2, -0.15) is 0 Å². The largest absolute Gasteiger partial charge is 0.488 e. The molecule has 0 N–H and O–H groups in total. The average molecular weight is 361 g/mol. The van der Waals surface area contributed by atoms with E-state index in [-0.39, 0.29) is 30.1 Å². The van der Waals surface area contributed by atoms with Crippen LogP contribution in [0.25, 0.3) is 11.1 Å². The third-order valence-electron chi connectivity index (χ3n) is 4.25. The zero-order valence-electron chi connectivity index (χ0n) is 14.9. The minimum Gasteiger partial charge on any atom is -0.488 e. The first kappa shape index (κ1) is 18.3. The molecule has 0 heterocycles. The zero-order valence-corrected chi connectivity index (χ0v) is 14.9. The van der Waals surface area contributed by atoms with Crippen LogP contribution in [0.1, 0.15) is 29.3 Å². The lowest BCUT2D eigenvalue weighted by Gasteiger charge is -2.11. The molecule has 5 heteroatoms. The van der Waals surface area contributed by atoms with Crippen molar-refractivity contribution in [2.24, 2.45) is 0 Å². The average Bonchev–Trinajstić information content (AvgIpc) is 2.72. The van der Waals surface area contributed by atoms with Crippen LogP contribution in [0.5, 0.6) is 5.75 Å². The highest BCUT2D eigenvalue weighted by Gasteiger charge is 2.16. The maximum atomic E-state index is 12.1. The van der Waals surface area contributed by atoms with Gasteiger partial charge in [0.15, 0.2) is 5.78 Å². The van der Waals surface area contributed by atoms with Crippen molar-refractivity contribution in [3.63, 3.8) is 0 Å². The highest BCUT2D eigenvalue weighted by Crippen LogP contribution is 2.27. The van der Waals surface area contributed by atoms with Crippen molar-refractivity contribution in [1.29, 1.82) is 0 Å². The minimum atomic E-state index is -0.515. The van der Waals surface area contributed by atoms with Gasteiger partial charge in [-0.3, -0.25) is 14.9 Å². The molecular formula is C22H19NO4. The second-order valence-electron chi connectivity index (χ2n) is 6.07. The van der Waals surface area contributed by atoms with E-state index in [2.05, 4.69) is 0 Å². The van der Waals surface area contributed by atoms with Gasteiger partial charge in [-0.1, -0.05) is 61.5 Å². The van der Waals surface area contributed by atoms with Crippen LogP contribution in [-0.4, -0.2) is 10.7 Å². The van der Waals surface area contributed by atoms with Crippen LogP contribution < -0.4 is 4.74 Å². The fourth-order valence-corrected chi connectivity index (χ4v) is 2.75. The molecule has 0 aliphatic carbocycles. The molecule has 0 aliphatic rings. The molecule has 5 nitrogen and oxygen atoms in total. The molecule has 0 unspecified atom stereocenters. The van der Waals surface area contributed by atoms with Crippen LogP contribution >= 0.6 is 0 Å². The fourth-order valence-electron chi connectivity index (χ4n) is 2.75. The number of non-ortho nitro benzene ring substituents is 1. The topological polar surface area (TPSA) is 69.4 Å². The first-order valence-corrected chi connectivity index (χ1v) is 8.67. The summed E-state index contributed by atoms with van der Waals surface area (Å²) in [4.78, 5) is 22.6. The predicted octanol–water partition coefficient (Wildman–Crippen LogP) is 5.43. The molecule has 0 spiro atoms. The summed E-state index contributed by atoms with van der Waals surface area (Å²) in [5, 5.41) is 11.0. The number of nitro groups is 1. The van der Waals surface area contributed by atoms with Gasteiger partial charge >= 0.3 is 0 Å². The van der Waals surface area contributed by atoms with Crippen LogP contribution in [0.4, 0.5) is 5.69 Å². The Kier molecular flexibility index (Phi) is 5.61. The summed E-state index contributed by atoms with van der Waals surface area (Å²) < 4.78 is 5.78. The predicted molar refractivity (Wildman–Crippen MR) is 104 cm³/mol. The number of Topliss-reactive ketones (excluding diaryl/α,β-unsaturated/α-hetero) is 1. The summed E-state index contributed by atoms with van der Waals surface area (Å²) in [5.74, 6) is 0.174. The third kappa shape index (κ3) is 4.39. The monoisotopic (exact) mass is 361 g/mol. The van der Waals surface area contributed by atoms with Crippen LogP contribution in [0.15, 0.2) is 72.8 Å². The molecule has 0 aromatic heterocycles. The molecule has 0 radical (unpaired) electrons. The normalized spacial score (nSPS) is 10.4. The number of hydrogen-bond acceptors (Lipinski definition) is 4. The number of ketones is 1. The Morgan fingerprint density at radius 2 is 1.63 bits per heavy atom. The lowest BCUT2D eigenvalue weighted by Crippen LogP contribution is -2.04. The minimum absolute atomic E-state index is 0.119. The Morgan fingerprint density at radius 1 is 0.963 bits per heavy atom. The van der Waals surface area contributed by atoms with Gasteiger partial charge in [-0.25, -0.2) is 0 Å². The van der Waals surface area contributed by atoms with Crippen molar-refractivity contribution in [1.82, 2.24) is 0 Å². The number of benzene rings is 3. The lowest BCUT2D eigenvalue weighted by atomic mass is 10.0. The van der Waals surface area contributed by atoms with Crippen molar-refractivity contribution < 1.29 is 14.5 Å². The Balaban J connectivity index is 1.76. The number of hydrogen-bond donors (Lipinski definition) is 0. The van der Waals surface area contributed by atoms with Gasteiger partial charge in [0.2, 0.25) is 0 Å². The Hall–Kier alpha value is -3.47. The Morgan fingerprint density at radius 3 is 2.26 bits per heavy atom. The third-order valence-corrected chi connectivity index (χ3v) is 4.25. The van der Waals surface area contributed by atoms with E-state index in [0.717, 1.165) is 16.7 Å². The van der Waals surface area contributed by atoms with Crippen molar-refractivity contribution in [3.8, 4) is 16.9 Å².